The van der Waals surface area contributed by atoms with Crippen LogP contribution in [0.25, 0.3) is 0 Å². The van der Waals surface area contributed by atoms with Gasteiger partial charge in [0.25, 0.3) is 5.79 Å². The van der Waals surface area contributed by atoms with E-state index in [0.717, 1.165) is 20.8 Å². The number of aliphatic hydroxyl groups is 11. The molecule has 4 saturated heterocycles. The second-order valence-electron chi connectivity index (χ2n) is 14.8. The largest absolute Gasteiger partial charge is 0.477 e. The molecule has 4 rings (SSSR count). The summed E-state index contributed by atoms with van der Waals surface area (Å²) in [6, 6.07) is -5.01. The number of carboxylic acid groups (broad SMARTS) is 1. The second kappa shape index (κ2) is 20.4. The zero-order valence-corrected chi connectivity index (χ0v) is 32.2. The maximum atomic E-state index is 12.9. The normalized spacial score (nSPS) is 43.8. The van der Waals surface area contributed by atoms with E-state index in [4.69, 9.17) is 33.2 Å². The maximum Gasteiger partial charge on any atom is 0.364 e. The third kappa shape index (κ3) is 10.8. The van der Waals surface area contributed by atoms with Crippen LogP contribution in [-0.4, -0.2) is 233 Å². The average Bonchev–Trinajstić information content (AvgIpc) is 3.17. The quantitative estimate of drug-likeness (QED) is 0.0727. The van der Waals surface area contributed by atoms with Gasteiger partial charge in [-0.3, -0.25) is 14.4 Å². The molecule has 59 heavy (non-hydrogen) atoms. The summed E-state index contributed by atoms with van der Waals surface area (Å²) in [7, 11) is 0. The third-order valence-electron chi connectivity index (χ3n) is 10.3. The Morgan fingerprint density at radius 2 is 1.24 bits per heavy atom. The van der Waals surface area contributed by atoms with Gasteiger partial charge in [0, 0.05) is 27.2 Å². The van der Waals surface area contributed by atoms with E-state index < -0.39 is 178 Å². The van der Waals surface area contributed by atoms with Crippen molar-refractivity contribution in [2.24, 2.45) is 0 Å². The van der Waals surface area contributed by atoms with Crippen LogP contribution in [0.5, 0.6) is 0 Å². The van der Waals surface area contributed by atoms with Crippen molar-refractivity contribution in [2.75, 3.05) is 19.8 Å². The van der Waals surface area contributed by atoms with Crippen LogP contribution < -0.4 is 16.0 Å². The molecule has 4 heterocycles. The number of nitrogens with one attached hydrogen (secondary N) is 3. The summed E-state index contributed by atoms with van der Waals surface area (Å²) < 4.78 is 40.5. The number of ether oxygens (including phenoxy) is 7. The number of hydrogen-bond donors (Lipinski definition) is 15. The number of aliphatic carboxylic acids is 1. The zero-order valence-electron chi connectivity index (χ0n) is 32.2. The fourth-order valence-corrected chi connectivity index (χ4v) is 7.40. The Labute approximate surface area is 335 Å². The smallest absolute Gasteiger partial charge is 0.364 e. The molecule has 4 aliphatic heterocycles. The lowest BCUT2D eigenvalue weighted by Gasteiger charge is -2.52. The number of carbonyl (C=O) groups is 4. The van der Waals surface area contributed by atoms with E-state index in [1.165, 1.54) is 6.92 Å². The lowest BCUT2D eigenvalue weighted by Crippen LogP contribution is -2.72. The van der Waals surface area contributed by atoms with Crippen LogP contribution >= 0.6 is 0 Å². The first-order chi connectivity index (χ1) is 27.6. The molecule has 0 aromatic rings. The van der Waals surface area contributed by atoms with E-state index in [1.54, 1.807) is 0 Å². The maximum absolute atomic E-state index is 12.9. The van der Waals surface area contributed by atoms with Crippen LogP contribution in [0.2, 0.25) is 0 Å². The van der Waals surface area contributed by atoms with Crippen LogP contribution in [0.15, 0.2) is 0 Å². The molecule has 21 atom stereocenters. The van der Waals surface area contributed by atoms with Crippen molar-refractivity contribution in [1.29, 1.82) is 0 Å². The minimum absolute atomic E-state index is 0.756. The molecule has 4 fully saturated rings. The van der Waals surface area contributed by atoms with Gasteiger partial charge < -0.3 is 110 Å². The highest BCUT2D eigenvalue weighted by Gasteiger charge is 2.60. The predicted octanol–water partition coefficient (Wildman–Crippen LogP) is -9.08. The van der Waals surface area contributed by atoms with Crippen molar-refractivity contribution in [2.45, 2.75) is 162 Å². The first-order valence-electron chi connectivity index (χ1n) is 18.6. The van der Waals surface area contributed by atoms with Gasteiger partial charge in [0.1, 0.15) is 85.3 Å². The van der Waals surface area contributed by atoms with Gasteiger partial charge in [-0.25, -0.2) is 4.79 Å². The Morgan fingerprint density at radius 3 is 1.78 bits per heavy atom. The van der Waals surface area contributed by atoms with Crippen molar-refractivity contribution in [1.82, 2.24) is 16.0 Å². The highest BCUT2D eigenvalue weighted by molar-refractivity contribution is 5.77. The molecule has 0 aromatic heterocycles. The van der Waals surface area contributed by atoms with Crippen molar-refractivity contribution in [3.05, 3.63) is 0 Å². The molecule has 0 saturated carbocycles. The van der Waals surface area contributed by atoms with Crippen LogP contribution in [0.3, 0.4) is 0 Å². The third-order valence-corrected chi connectivity index (χ3v) is 10.3. The standard InChI is InChI=1S/C33H55N3O23/c1-9-20(45)23(48)24(49)31(53-9)57-28-19(36-12(4)42)29(50)54-16(8-39)26(28)56-30-18(35-11(3)41)22(47)25(15(7-38)55-30)58-33(32(51)52)5-13(43)17(34-10(2)40)27(59-33)21(46)14(44)6-37/h9,13-31,37-39,43-50H,5-8H2,1-4H3,(H,34,40)(H,35,41)(H,36,42)(H,51,52)/t9-,13-,14+,15+,16+,17+,18+,19+,20+,21+,22+,23+,24-,25+,26+,27+,28+,29+,30-,31-,33+/m0/s1. The average molecular weight is 862 g/mol. The Bertz CT molecular complexity index is 1450. The minimum atomic E-state index is -3.07. The molecule has 26 nitrogen and oxygen atoms in total. The highest BCUT2D eigenvalue weighted by Crippen LogP contribution is 2.39. The van der Waals surface area contributed by atoms with E-state index in [2.05, 4.69) is 16.0 Å². The Hall–Kier alpha value is -2.84. The van der Waals surface area contributed by atoms with Gasteiger partial charge in [-0.05, 0) is 6.92 Å². The Kier molecular flexibility index (Phi) is 16.8. The first-order valence-corrected chi connectivity index (χ1v) is 18.6. The summed E-state index contributed by atoms with van der Waals surface area (Å²) >= 11 is 0. The van der Waals surface area contributed by atoms with Gasteiger partial charge >= 0.3 is 5.97 Å². The first kappa shape index (κ1) is 48.8. The molecular weight excluding hydrogens is 806 g/mol. The number of rotatable bonds is 15. The monoisotopic (exact) mass is 861 g/mol. The van der Waals surface area contributed by atoms with Gasteiger partial charge in [-0.1, -0.05) is 0 Å². The summed E-state index contributed by atoms with van der Waals surface area (Å²) in [6.45, 7) is 1.28. The van der Waals surface area contributed by atoms with Crippen LogP contribution in [0.4, 0.5) is 0 Å². The van der Waals surface area contributed by atoms with Crippen LogP contribution in [0.1, 0.15) is 34.1 Å². The topological polar surface area (TPSA) is 412 Å². The van der Waals surface area contributed by atoms with Crippen molar-refractivity contribution in [3.63, 3.8) is 0 Å². The molecular formula is C33H55N3O23. The molecule has 0 aromatic carbocycles. The van der Waals surface area contributed by atoms with Gasteiger partial charge in [-0.2, -0.15) is 0 Å². The van der Waals surface area contributed by atoms with Crippen molar-refractivity contribution >= 4 is 23.7 Å². The molecule has 4 aliphatic rings. The highest BCUT2D eigenvalue weighted by atomic mass is 16.8. The number of amides is 3. The lowest BCUT2D eigenvalue weighted by atomic mass is 9.88. The van der Waals surface area contributed by atoms with E-state index in [9.17, 15) is 80.5 Å². The summed E-state index contributed by atoms with van der Waals surface area (Å²) in [4.78, 5) is 49.7. The Balaban J connectivity index is 1.72. The molecule has 0 bridgehead atoms. The molecule has 15 N–H and O–H groups in total. The molecule has 0 unspecified atom stereocenters. The summed E-state index contributed by atoms with van der Waals surface area (Å²) in [6.07, 6.45) is -32.3. The molecule has 340 valence electrons. The molecule has 0 spiro atoms. The summed E-state index contributed by atoms with van der Waals surface area (Å²) in [5.74, 6) is -7.44. The fraction of sp³-hybridized carbons (Fsp3) is 0.879. The van der Waals surface area contributed by atoms with Gasteiger partial charge in [-0.15, -0.1) is 0 Å². The fourth-order valence-electron chi connectivity index (χ4n) is 7.40. The van der Waals surface area contributed by atoms with E-state index in [0.29, 0.717) is 0 Å². The van der Waals surface area contributed by atoms with Gasteiger partial charge in [0.2, 0.25) is 17.7 Å². The summed E-state index contributed by atoms with van der Waals surface area (Å²) in [5, 5.41) is 134. The minimum Gasteiger partial charge on any atom is -0.477 e. The van der Waals surface area contributed by atoms with Gasteiger partial charge in [0.05, 0.1) is 38.1 Å². The SMILES string of the molecule is CC(=O)N[C@@H]1[C@@H](O[C@@H]2O[C@@H](C)[C@@H](O)[C@@H](O)[C@@H]2O)[C@H](O[C@@H]2O[C@H](CO)[C@@H](O[C@]3(C(=O)O)C[C@H](O)[C@@H](NC(C)=O)[C@H]([C@H](O)[C@H](O)CO)O3)[C@H](O)[C@H]2NC(C)=O)[C@@H](CO)O[C@H]1O. The van der Waals surface area contributed by atoms with E-state index >= 15 is 0 Å². The number of hydrogen-bond acceptors (Lipinski definition) is 22. The zero-order chi connectivity index (χ0) is 44.3. The van der Waals surface area contributed by atoms with Crippen LogP contribution in [-0.2, 0) is 52.3 Å². The lowest BCUT2D eigenvalue weighted by molar-refractivity contribution is -0.378. The Morgan fingerprint density at radius 1 is 0.695 bits per heavy atom. The number of aliphatic hydroxyl groups excluding tert-OH is 11. The predicted molar refractivity (Wildman–Crippen MR) is 184 cm³/mol. The van der Waals surface area contributed by atoms with Crippen molar-refractivity contribution < 1.29 is 114 Å². The summed E-state index contributed by atoms with van der Waals surface area (Å²) in [5.41, 5.74) is 0. The molecule has 3 amide bonds. The molecule has 0 aliphatic carbocycles. The van der Waals surface area contributed by atoms with E-state index in [1.807, 2.05) is 0 Å². The molecule has 0 radical (unpaired) electrons. The van der Waals surface area contributed by atoms with Crippen LogP contribution in [0, 0.1) is 0 Å². The van der Waals surface area contributed by atoms with Gasteiger partial charge in [0.15, 0.2) is 18.9 Å². The van der Waals surface area contributed by atoms with E-state index in [-0.39, 0.29) is 0 Å². The number of carbonyl (C=O) groups excluding carboxylic acids is 3. The second-order valence-corrected chi connectivity index (χ2v) is 14.8. The number of carboxylic acids is 1. The molecule has 26 heteroatoms. The van der Waals surface area contributed by atoms with Crippen molar-refractivity contribution in [3.8, 4) is 0 Å².